The van der Waals surface area contributed by atoms with Gasteiger partial charge in [-0.25, -0.2) is 0 Å². The molecule has 1 aromatic carbocycles. The number of nitrogens with one attached hydrogen (secondary N) is 2. The van der Waals surface area contributed by atoms with Crippen LogP contribution in [0.2, 0.25) is 0 Å². The molecule has 0 aromatic heterocycles. The van der Waals surface area contributed by atoms with E-state index in [-0.39, 0.29) is 30.5 Å². The molecule has 3 saturated carbocycles. The van der Waals surface area contributed by atoms with Crippen molar-refractivity contribution in [1.29, 1.82) is 0 Å². The van der Waals surface area contributed by atoms with Crippen molar-refractivity contribution in [1.82, 2.24) is 10.6 Å². The summed E-state index contributed by atoms with van der Waals surface area (Å²) >= 11 is 0. The summed E-state index contributed by atoms with van der Waals surface area (Å²) in [6, 6.07) is 5.74. The molecule has 144 valence electrons. The molecule has 3 aliphatic carbocycles. The second-order valence-corrected chi connectivity index (χ2v) is 8.14. The average Bonchev–Trinajstić information content (AvgIpc) is 3.34. The van der Waals surface area contributed by atoms with Gasteiger partial charge in [-0.05, 0) is 61.5 Å². The van der Waals surface area contributed by atoms with Gasteiger partial charge in [0.15, 0.2) is 0 Å². The van der Waals surface area contributed by atoms with Crippen molar-refractivity contribution >= 4 is 17.5 Å². The summed E-state index contributed by atoms with van der Waals surface area (Å²) in [6.07, 6.45) is 6.69. The van der Waals surface area contributed by atoms with E-state index < -0.39 is 4.92 Å². The number of nitrogens with zero attached hydrogens (tertiary/aromatic N) is 1. The third-order valence-electron chi connectivity index (χ3n) is 6.75. The maximum Gasteiger partial charge on any atom is 0.269 e. The molecule has 0 aliphatic heterocycles. The van der Waals surface area contributed by atoms with Gasteiger partial charge in [-0.1, -0.05) is 6.42 Å². The van der Waals surface area contributed by atoms with Crippen LogP contribution in [-0.2, 0) is 4.79 Å². The van der Waals surface area contributed by atoms with Crippen LogP contribution in [-0.4, -0.2) is 29.3 Å². The number of fused-ring (bicyclic) bond motifs is 5. The van der Waals surface area contributed by atoms with Gasteiger partial charge in [0.2, 0.25) is 5.91 Å². The zero-order valence-corrected chi connectivity index (χ0v) is 15.2. The molecule has 7 nitrogen and oxygen atoms in total. The quantitative estimate of drug-likeness (QED) is 0.593. The Hall–Kier alpha value is -2.44. The van der Waals surface area contributed by atoms with Crippen molar-refractivity contribution < 1.29 is 14.5 Å². The Balaban J connectivity index is 1.21. The second kappa shape index (κ2) is 7.29. The third kappa shape index (κ3) is 3.55. The van der Waals surface area contributed by atoms with Gasteiger partial charge in [0, 0.05) is 36.7 Å². The highest BCUT2D eigenvalue weighted by Crippen LogP contribution is 2.58. The molecule has 0 saturated heterocycles. The Bertz CT molecular complexity index is 748. The van der Waals surface area contributed by atoms with Crippen molar-refractivity contribution in [2.45, 2.75) is 44.6 Å². The molecule has 5 atom stereocenters. The number of carbonyl (C=O) groups is 2. The fraction of sp³-hybridized carbons (Fsp3) is 0.600. The fourth-order valence-corrected chi connectivity index (χ4v) is 5.64. The number of nitro benzene ring substituents is 1. The highest BCUT2D eigenvalue weighted by atomic mass is 16.6. The Kier molecular flexibility index (Phi) is 4.85. The zero-order valence-electron chi connectivity index (χ0n) is 15.2. The molecular formula is C20H25N3O4. The van der Waals surface area contributed by atoms with E-state index in [2.05, 4.69) is 10.6 Å². The van der Waals surface area contributed by atoms with E-state index in [1.54, 1.807) is 0 Å². The van der Waals surface area contributed by atoms with E-state index in [0.717, 1.165) is 24.2 Å². The highest BCUT2D eigenvalue weighted by molar-refractivity contribution is 5.94. The first-order chi connectivity index (χ1) is 13.0. The van der Waals surface area contributed by atoms with E-state index in [9.17, 15) is 19.7 Å². The molecule has 1 aromatic rings. The second-order valence-electron chi connectivity index (χ2n) is 8.14. The van der Waals surface area contributed by atoms with Crippen molar-refractivity contribution in [3.63, 3.8) is 0 Å². The highest BCUT2D eigenvalue weighted by Gasteiger charge is 2.53. The van der Waals surface area contributed by atoms with Gasteiger partial charge in [-0.15, -0.1) is 0 Å². The number of benzene rings is 1. The van der Waals surface area contributed by atoms with E-state index in [0.29, 0.717) is 17.5 Å². The predicted octanol–water partition coefficient (Wildman–Crippen LogP) is 2.66. The summed E-state index contributed by atoms with van der Waals surface area (Å²) in [7, 11) is 0. The standard InChI is InChI=1S/C20H25N3O4/c24-19(22-18-11-13-10-17(18)16-3-1-2-15(13)16)8-9-21-20(25)12-4-6-14(7-5-12)23(26)27/h4-7,13,15-18H,1-3,8-11H2,(H,21,25)(H,22,24)/t13-,15+,16+,17+,18-/m1/s1. The number of non-ortho nitro benzene ring substituents is 1. The molecule has 0 unspecified atom stereocenters. The van der Waals surface area contributed by atoms with Crippen LogP contribution < -0.4 is 10.6 Å². The van der Waals surface area contributed by atoms with Gasteiger partial charge >= 0.3 is 0 Å². The summed E-state index contributed by atoms with van der Waals surface area (Å²) in [4.78, 5) is 34.5. The minimum Gasteiger partial charge on any atom is -0.353 e. The van der Waals surface area contributed by atoms with Gasteiger partial charge in [-0.3, -0.25) is 19.7 Å². The molecule has 27 heavy (non-hydrogen) atoms. The molecule has 0 spiro atoms. The van der Waals surface area contributed by atoms with Gasteiger partial charge < -0.3 is 10.6 Å². The number of carbonyl (C=O) groups excluding carboxylic acids is 2. The lowest BCUT2D eigenvalue weighted by Gasteiger charge is -2.32. The molecular weight excluding hydrogens is 346 g/mol. The maximum atomic E-state index is 12.3. The zero-order chi connectivity index (χ0) is 19.0. The number of nitro groups is 1. The van der Waals surface area contributed by atoms with Crippen molar-refractivity contribution in [2.75, 3.05) is 6.54 Å². The molecule has 2 N–H and O–H groups in total. The van der Waals surface area contributed by atoms with Gasteiger partial charge in [-0.2, -0.15) is 0 Å². The number of rotatable bonds is 6. The van der Waals surface area contributed by atoms with Crippen LogP contribution in [0.15, 0.2) is 24.3 Å². The summed E-state index contributed by atoms with van der Waals surface area (Å²) in [5, 5.41) is 16.5. The van der Waals surface area contributed by atoms with Crippen molar-refractivity contribution in [2.24, 2.45) is 23.7 Å². The molecule has 7 heteroatoms. The van der Waals surface area contributed by atoms with Crippen LogP contribution in [0.25, 0.3) is 0 Å². The third-order valence-corrected chi connectivity index (χ3v) is 6.75. The fourth-order valence-electron chi connectivity index (χ4n) is 5.64. The molecule has 0 radical (unpaired) electrons. The van der Waals surface area contributed by atoms with Crippen molar-refractivity contribution in [3.05, 3.63) is 39.9 Å². The topological polar surface area (TPSA) is 101 Å². The maximum absolute atomic E-state index is 12.3. The van der Waals surface area contributed by atoms with Gasteiger partial charge in [0.25, 0.3) is 11.6 Å². The Morgan fingerprint density at radius 2 is 1.81 bits per heavy atom. The van der Waals surface area contributed by atoms with Crippen LogP contribution >= 0.6 is 0 Å². The van der Waals surface area contributed by atoms with Crippen LogP contribution in [0.5, 0.6) is 0 Å². The minimum absolute atomic E-state index is 0.00824. The Morgan fingerprint density at radius 1 is 1.07 bits per heavy atom. The van der Waals surface area contributed by atoms with E-state index in [1.807, 2.05) is 0 Å². The minimum atomic E-state index is -0.504. The molecule has 4 rings (SSSR count). The van der Waals surface area contributed by atoms with E-state index in [4.69, 9.17) is 0 Å². The average molecular weight is 371 g/mol. The largest absolute Gasteiger partial charge is 0.353 e. The molecule has 3 aliphatic rings. The molecule has 0 heterocycles. The Labute approximate surface area is 158 Å². The summed E-state index contributed by atoms with van der Waals surface area (Å²) < 4.78 is 0. The smallest absolute Gasteiger partial charge is 0.269 e. The van der Waals surface area contributed by atoms with Crippen LogP contribution in [0.3, 0.4) is 0 Å². The van der Waals surface area contributed by atoms with Gasteiger partial charge in [0.05, 0.1) is 4.92 Å². The van der Waals surface area contributed by atoms with E-state index >= 15 is 0 Å². The van der Waals surface area contributed by atoms with Crippen LogP contribution in [0.4, 0.5) is 5.69 Å². The molecule has 2 bridgehead atoms. The molecule has 2 amide bonds. The Morgan fingerprint density at radius 3 is 2.56 bits per heavy atom. The normalized spacial score (nSPS) is 30.7. The number of hydrogen-bond acceptors (Lipinski definition) is 4. The first-order valence-corrected chi connectivity index (χ1v) is 9.85. The van der Waals surface area contributed by atoms with Gasteiger partial charge in [0.1, 0.15) is 0 Å². The lowest BCUT2D eigenvalue weighted by atomic mass is 9.79. The summed E-state index contributed by atoms with van der Waals surface area (Å²) in [5.74, 6) is 2.84. The van der Waals surface area contributed by atoms with Crippen molar-refractivity contribution in [3.8, 4) is 0 Å². The monoisotopic (exact) mass is 371 g/mol. The van der Waals surface area contributed by atoms with Crippen LogP contribution in [0.1, 0.15) is 48.9 Å². The lowest BCUT2D eigenvalue weighted by molar-refractivity contribution is -0.384. The summed E-state index contributed by atoms with van der Waals surface area (Å²) in [5.41, 5.74) is 0.294. The van der Waals surface area contributed by atoms with E-state index in [1.165, 1.54) is 49.9 Å². The molecule has 3 fully saturated rings. The predicted molar refractivity (Wildman–Crippen MR) is 99.0 cm³/mol. The lowest BCUT2D eigenvalue weighted by Crippen LogP contribution is -2.43. The first kappa shape index (κ1) is 17.9. The van der Waals surface area contributed by atoms with Crippen LogP contribution in [0, 0.1) is 33.8 Å². The number of hydrogen-bond donors (Lipinski definition) is 2. The number of amides is 2. The SMILES string of the molecule is O=C(CCNC(=O)c1ccc([N+](=O)[O-])cc1)N[C@@H]1C[C@H]2C[C@H]1[C@H]1CCC[C@@H]21. The first-order valence-electron chi connectivity index (χ1n) is 9.85. The summed E-state index contributed by atoms with van der Waals surface area (Å²) in [6.45, 7) is 0.258.